The molecule has 92 valence electrons. The largest absolute Gasteiger partial charge is 0.496 e. The smallest absolute Gasteiger partial charge is 0.185 e. The van der Waals surface area contributed by atoms with Gasteiger partial charge in [-0.1, -0.05) is 0 Å². The van der Waals surface area contributed by atoms with Crippen molar-refractivity contribution in [3.05, 3.63) is 29.8 Å². The van der Waals surface area contributed by atoms with Crippen molar-refractivity contribution in [3.63, 3.8) is 0 Å². The van der Waals surface area contributed by atoms with Crippen LogP contribution in [0.25, 0.3) is 11.4 Å². The van der Waals surface area contributed by atoms with E-state index in [1.807, 2.05) is 0 Å². The molecule has 3 N–H and O–H groups in total. The van der Waals surface area contributed by atoms with Crippen LogP contribution in [0.15, 0.2) is 18.2 Å². The summed E-state index contributed by atoms with van der Waals surface area (Å²) in [4.78, 5) is 4.11. The normalized spacial score (nSPS) is 9.82. The summed E-state index contributed by atoms with van der Waals surface area (Å²) in [5.74, 6) is 1.07. The van der Waals surface area contributed by atoms with E-state index in [0.29, 0.717) is 23.0 Å². The Bertz CT molecular complexity index is 503. The number of nitrogens with two attached hydrogens (primary N) is 1. The summed E-state index contributed by atoms with van der Waals surface area (Å²) in [6.07, 6.45) is 0. The molecule has 2 rings (SSSR count). The molecule has 0 aliphatic carbocycles. The minimum atomic E-state index is -0.366. The molecule has 0 aliphatic rings. The van der Waals surface area contributed by atoms with Crippen LogP contribution in [-0.4, -0.2) is 22.3 Å². The zero-order valence-corrected chi connectivity index (χ0v) is 9.92. The summed E-state index contributed by atoms with van der Waals surface area (Å²) in [5.41, 5.74) is 5.90. The van der Waals surface area contributed by atoms with Crippen LogP contribution in [0.3, 0.4) is 0 Å². The molecule has 1 aromatic carbocycles. The number of nitrogens with one attached hydrogen (secondary N) is 1. The van der Waals surface area contributed by atoms with Gasteiger partial charge in [0.2, 0.25) is 0 Å². The minimum absolute atomic E-state index is 0. The first kappa shape index (κ1) is 13.4. The maximum absolute atomic E-state index is 13.1. The number of aromatic nitrogens is 3. The first-order valence-corrected chi connectivity index (χ1v) is 4.70. The van der Waals surface area contributed by atoms with Crippen molar-refractivity contribution in [2.75, 3.05) is 7.11 Å². The number of rotatable bonds is 3. The lowest BCUT2D eigenvalue weighted by Crippen LogP contribution is -1.98. The van der Waals surface area contributed by atoms with Gasteiger partial charge >= 0.3 is 0 Å². The van der Waals surface area contributed by atoms with E-state index in [4.69, 9.17) is 10.5 Å². The number of nitrogens with zero attached hydrogens (tertiary/aromatic N) is 2. The van der Waals surface area contributed by atoms with Crippen LogP contribution in [0.5, 0.6) is 5.75 Å². The van der Waals surface area contributed by atoms with E-state index in [-0.39, 0.29) is 24.8 Å². The molecule has 7 heteroatoms. The molecule has 5 nitrogen and oxygen atoms in total. The molecule has 0 atom stereocenters. The number of ether oxygens (including phenoxy) is 1. The third-order valence-corrected chi connectivity index (χ3v) is 2.13. The molecule has 0 amide bonds. The van der Waals surface area contributed by atoms with Crippen LogP contribution in [0.4, 0.5) is 4.39 Å². The van der Waals surface area contributed by atoms with Gasteiger partial charge in [0.05, 0.1) is 19.2 Å². The quantitative estimate of drug-likeness (QED) is 0.875. The van der Waals surface area contributed by atoms with Crippen molar-refractivity contribution < 1.29 is 9.13 Å². The Labute approximate surface area is 104 Å². The highest BCUT2D eigenvalue weighted by atomic mass is 35.5. The summed E-state index contributed by atoms with van der Waals surface area (Å²) in [7, 11) is 1.51. The van der Waals surface area contributed by atoms with Gasteiger partial charge in [-0.2, -0.15) is 5.10 Å². The average Bonchev–Trinajstić information content (AvgIpc) is 2.77. The highest BCUT2D eigenvalue weighted by Crippen LogP contribution is 2.27. The van der Waals surface area contributed by atoms with Crippen LogP contribution < -0.4 is 10.5 Å². The van der Waals surface area contributed by atoms with Gasteiger partial charge in [-0.05, 0) is 18.2 Å². The molecular weight excluding hydrogens is 247 g/mol. The van der Waals surface area contributed by atoms with Gasteiger partial charge in [-0.15, -0.1) is 12.4 Å². The number of methoxy groups -OCH3 is 1. The molecule has 0 spiro atoms. The lowest BCUT2D eigenvalue weighted by atomic mass is 10.2. The van der Waals surface area contributed by atoms with Gasteiger partial charge in [-0.3, -0.25) is 5.10 Å². The lowest BCUT2D eigenvalue weighted by molar-refractivity contribution is 0.415. The van der Waals surface area contributed by atoms with Gasteiger partial charge in [0.15, 0.2) is 5.82 Å². The van der Waals surface area contributed by atoms with Gasteiger partial charge in [0.1, 0.15) is 17.4 Å². The van der Waals surface area contributed by atoms with E-state index in [1.165, 1.54) is 25.3 Å². The van der Waals surface area contributed by atoms with Crippen LogP contribution in [0, 0.1) is 5.82 Å². The minimum Gasteiger partial charge on any atom is -0.496 e. The molecule has 1 heterocycles. The fourth-order valence-corrected chi connectivity index (χ4v) is 1.36. The second-order valence-corrected chi connectivity index (χ2v) is 3.15. The second kappa shape index (κ2) is 5.60. The fourth-order valence-electron chi connectivity index (χ4n) is 1.36. The van der Waals surface area contributed by atoms with Crippen LogP contribution in [-0.2, 0) is 6.54 Å². The van der Waals surface area contributed by atoms with E-state index >= 15 is 0 Å². The Morgan fingerprint density at radius 2 is 2.24 bits per heavy atom. The number of aromatic amines is 1. The Morgan fingerprint density at radius 1 is 1.47 bits per heavy atom. The van der Waals surface area contributed by atoms with Crippen molar-refractivity contribution in [2.45, 2.75) is 6.54 Å². The summed E-state index contributed by atoms with van der Waals surface area (Å²) in [6, 6.07) is 4.17. The van der Waals surface area contributed by atoms with Crippen molar-refractivity contribution in [2.24, 2.45) is 5.73 Å². The van der Waals surface area contributed by atoms with Crippen LogP contribution in [0.1, 0.15) is 5.82 Å². The molecule has 0 fully saturated rings. The molecule has 1 aromatic heterocycles. The highest BCUT2D eigenvalue weighted by Gasteiger charge is 2.11. The Morgan fingerprint density at radius 3 is 2.82 bits per heavy atom. The van der Waals surface area contributed by atoms with Crippen LogP contribution >= 0.6 is 12.4 Å². The van der Waals surface area contributed by atoms with Gasteiger partial charge < -0.3 is 10.5 Å². The first-order valence-electron chi connectivity index (χ1n) is 4.70. The van der Waals surface area contributed by atoms with Gasteiger partial charge in [-0.25, -0.2) is 9.37 Å². The summed E-state index contributed by atoms with van der Waals surface area (Å²) < 4.78 is 18.2. The van der Waals surface area contributed by atoms with E-state index in [1.54, 1.807) is 0 Å². The molecule has 0 aliphatic heterocycles. The predicted octanol–water partition coefficient (Wildman–Crippen LogP) is 1.50. The molecule has 0 radical (unpaired) electrons. The molecular formula is C10H12ClFN4O. The lowest BCUT2D eigenvalue weighted by Gasteiger charge is -2.04. The monoisotopic (exact) mass is 258 g/mol. The standard InChI is InChI=1S/C10H11FN4O.ClH/c1-16-8-3-2-6(11)4-7(8)10-13-9(5-12)14-15-10;/h2-4H,5,12H2,1H3,(H,13,14,15);1H. The molecule has 0 saturated heterocycles. The summed E-state index contributed by atoms with van der Waals surface area (Å²) in [5, 5.41) is 6.60. The van der Waals surface area contributed by atoms with Gasteiger partial charge in [0, 0.05) is 0 Å². The van der Waals surface area contributed by atoms with E-state index < -0.39 is 0 Å². The average molecular weight is 259 g/mol. The highest BCUT2D eigenvalue weighted by molar-refractivity contribution is 5.85. The zero-order chi connectivity index (χ0) is 11.5. The number of hydrogen-bond acceptors (Lipinski definition) is 4. The van der Waals surface area contributed by atoms with E-state index in [2.05, 4.69) is 15.2 Å². The maximum atomic E-state index is 13.1. The van der Waals surface area contributed by atoms with Crippen molar-refractivity contribution in [1.82, 2.24) is 15.2 Å². The van der Waals surface area contributed by atoms with Crippen molar-refractivity contribution >= 4 is 12.4 Å². The summed E-state index contributed by atoms with van der Waals surface area (Å²) >= 11 is 0. The first-order chi connectivity index (χ1) is 7.74. The molecule has 2 aromatic rings. The second-order valence-electron chi connectivity index (χ2n) is 3.15. The number of halogens is 2. The molecule has 0 saturated carbocycles. The fraction of sp³-hybridized carbons (Fsp3) is 0.200. The molecule has 0 unspecified atom stereocenters. The Kier molecular flexibility index (Phi) is 4.42. The third kappa shape index (κ3) is 2.72. The predicted molar refractivity (Wildman–Crippen MR) is 63.5 cm³/mol. The molecule has 17 heavy (non-hydrogen) atoms. The number of H-pyrrole nitrogens is 1. The van der Waals surface area contributed by atoms with Crippen molar-refractivity contribution in [1.29, 1.82) is 0 Å². The zero-order valence-electron chi connectivity index (χ0n) is 9.11. The number of hydrogen-bond donors (Lipinski definition) is 2. The Hall–Kier alpha value is -1.66. The Balaban J connectivity index is 0.00000144. The SMILES string of the molecule is COc1ccc(F)cc1-c1n[nH]c(CN)n1.Cl. The number of benzene rings is 1. The van der Waals surface area contributed by atoms with Crippen molar-refractivity contribution in [3.8, 4) is 17.1 Å². The van der Waals surface area contributed by atoms with E-state index in [9.17, 15) is 4.39 Å². The van der Waals surface area contributed by atoms with Gasteiger partial charge in [0.25, 0.3) is 0 Å². The third-order valence-electron chi connectivity index (χ3n) is 2.13. The van der Waals surface area contributed by atoms with E-state index in [0.717, 1.165) is 0 Å². The topological polar surface area (TPSA) is 76.8 Å². The van der Waals surface area contributed by atoms with Crippen LogP contribution in [0.2, 0.25) is 0 Å². The summed E-state index contributed by atoms with van der Waals surface area (Å²) in [6.45, 7) is 0.255. The molecule has 0 bridgehead atoms. The maximum Gasteiger partial charge on any atom is 0.185 e.